The number of anilines is 1. The minimum atomic E-state index is -4.68. The summed E-state index contributed by atoms with van der Waals surface area (Å²) in [5, 5.41) is 0. The van der Waals surface area contributed by atoms with Crippen LogP contribution in [0.4, 0.5) is 19.0 Å². The van der Waals surface area contributed by atoms with Gasteiger partial charge < -0.3 is 10.2 Å². The van der Waals surface area contributed by atoms with Crippen molar-refractivity contribution in [2.75, 3.05) is 5.43 Å². The van der Waals surface area contributed by atoms with Crippen molar-refractivity contribution >= 4 is 5.82 Å². The van der Waals surface area contributed by atoms with Gasteiger partial charge in [0, 0.05) is 6.07 Å². The summed E-state index contributed by atoms with van der Waals surface area (Å²) in [5.74, 6) is 3.66. The van der Waals surface area contributed by atoms with Gasteiger partial charge in [-0.25, -0.2) is 10.8 Å². The lowest BCUT2D eigenvalue weighted by atomic mass is 10.3. The molecule has 100 valence electrons. The van der Waals surface area contributed by atoms with Crippen LogP contribution in [0.1, 0.15) is 5.82 Å². The number of para-hydroxylation sites is 1. The van der Waals surface area contributed by atoms with E-state index in [9.17, 15) is 13.2 Å². The third-order valence-electron chi connectivity index (χ3n) is 2.07. The molecule has 1 heterocycles. The lowest BCUT2D eigenvalue weighted by Crippen LogP contribution is -2.16. The van der Waals surface area contributed by atoms with Crippen molar-refractivity contribution in [1.29, 1.82) is 0 Å². The molecule has 0 saturated carbocycles. The Morgan fingerprint density at radius 1 is 1.11 bits per heavy atom. The second-order valence-electron chi connectivity index (χ2n) is 3.47. The smallest absolute Gasteiger partial charge is 0.439 e. The van der Waals surface area contributed by atoms with E-state index in [1.165, 1.54) is 6.07 Å². The van der Waals surface area contributed by atoms with Crippen LogP contribution in [0.15, 0.2) is 36.4 Å². The molecule has 8 heteroatoms. The highest BCUT2D eigenvalue weighted by Gasteiger charge is 2.35. The molecular formula is C11H9F3N4O. The standard InChI is InChI=1S/C11H9F3N4O/c12-11(13,14)10-16-8(18-15)6-9(17-10)19-7-4-2-1-3-5-7/h1-6H,15H2,(H,16,17,18). The minimum Gasteiger partial charge on any atom is -0.439 e. The number of nitrogens with zero attached hydrogens (tertiary/aromatic N) is 2. The van der Waals surface area contributed by atoms with Crippen molar-refractivity contribution in [2.45, 2.75) is 6.18 Å². The fourth-order valence-corrected chi connectivity index (χ4v) is 1.29. The third kappa shape index (κ3) is 3.32. The molecule has 0 spiro atoms. The number of nitrogens with two attached hydrogens (primary N) is 1. The molecule has 0 unspecified atom stereocenters. The quantitative estimate of drug-likeness (QED) is 0.662. The zero-order valence-corrected chi connectivity index (χ0v) is 9.48. The van der Waals surface area contributed by atoms with Gasteiger partial charge in [0.2, 0.25) is 11.7 Å². The number of hydrogen-bond acceptors (Lipinski definition) is 5. The monoisotopic (exact) mass is 270 g/mol. The lowest BCUT2D eigenvalue weighted by Gasteiger charge is -2.10. The number of nitrogen functional groups attached to an aromatic ring is 1. The highest BCUT2D eigenvalue weighted by molar-refractivity contribution is 5.39. The van der Waals surface area contributed by atoms with Crippen LogP contribution >= 0.6 is 0 Å². The number of ether oxygens (including phenoxy) is 1. The average Bonchev–Trinajstić information content (AvgIpc) is 2.38. The van der Waals surface area contributed by atoms with Crippen molar-refractivity contribution in [2.24, 2.45) is 5.84 Å². The van der Waals surface area contributed by atoms with Crippen molar-refractivity contribution in [3.05, 3.63) is 42.2 Å². The molecule has 0 aliphatic rings. The molecule has 5 nitrogen and oxygen atoms in total. The van der Waals surface area contributed by atoms with Gasteiger partial charge in [0.1, 0.15) is 11.6 Å². The van der Waals surface area contributed by atoms with Gasteiger partial charge in [0.05, 0.1) is 0 Å². The van der Waals surface area contributed by atoms with E-state index in [-0.39, 0.29) is 11.7 Å². The Balaban J connectivity index is 2.35. The van der Waals surface area contributed by atoms with Crippen LogP contribution in [-0.4, -0.2) is 9.97 Å². The summed E-state index contributed by atoms with van der Waals surface area (Å²) in [5.41, 5.74) is 2.03. The molecule has 0 aliphatic carbocycles. The summed E-state index contributed by atoms with van der Waals surface area (Å²) in [7, 11) is 0. The molecule has 19 heavy (non-hydrogen) atoms. The van der Waals surface area contributed by atoms with Crippen LogP contribution in [0.3, 0.4) is 0 Å². The first-order valence-corrected chi connectivity index (χ1v) is 5.15. The second kappa shape index (κ2) is 5.11. The van der Waals surface area contributed by atoms with Crippen LogP contribution in [0.5, 0.6) is 11.6 Å². The molecule has 0 bridgehead atoms. The van der Waals surface area contributed by atoms with Crippen molar-refractivity contribution in [3.63, 3.8) is 0 Å². The van der Waals surface area contributed by atoms with Gasteiger partial charge in [0.15, 0.2) is 0 Å². The number of alkyl halides is 3. The number of aromatic nitrogens is 2. The predicted octanol–water partition coefficient (Wildman–Crippen LogP) is 2.57. The first-order chi connectivity index (χ1) is 8.99. The molecule has 3 N–H and O–H groups in total. The molecular weight excluding hydrogens is 261 g/mol. The van der Waals surface area contributed by atoms with Gasteiger partial charge in [-0.1, -0.05) is 18.2 Å². The molecule has 2 aromatic rings. The van der Waals surface area contributed by atoms with E-state index in [1.807, 2.05) is 5.43 Å². The lowest BCUT2D eigenvalue weighted by molar-refractivity contribution is -0.145. The SMILES string of the molecule is NNc1cc(Oc2ccccc2)nc(C(F)(F)F)n1. The zero-order chi connectivity index (χ0) is 13.9. The van der Waals surface area contributed by atoms with Gasteiger partial charge in [-0.3, -0.25) is 0 Å². The van der Waals surface area contributed by atoms with Crippen LogP contribution in [-0.2, 0) is 6.18 Å². The number of benzene rings is 1. The Morgan fingerprint density at radius 3 is 2.37 bits per heavy atom. The third-order valence-corrected chi connectivity index (χ3v) is 2.07. The van der Waals surface area contributed by atoms with Gasteiger partial charge in [-0.2, -0.15) is 18.2 Å². The second-order valence-corrected chi connectivity index (χ2v) is 3.47. The summed E-state index contributed by atoms with van der Waals surface area (Å²) >= 11 is 0. The summed E-state index contributed by atoms with van der Waals surface area (Å²) in [6.45, 7) is 0. The Labute approximate surface area is 106 Å². The van der Waals surface area contributed by atoms with E-state index in [1.54, 1.807) is 30.3 Å². The Morgan fingerprint density at radius 2 is 1.79 bits per heavy atom. The van der Waals surface area contributed by atoms with E-state index in [2.05, 4.69) is 9.97 Å². The normalized spacial score (nSPS) is 11.2. The van der Waals surface area contributed by atoms with Crippen LogP contribution in [0.25, 0.3) is 0 Å². The maximum absolute atomic E-state index is 12.6. The topological polar surface area (TPSA) is 73.1 Å². The molecule has 0 amide bonds. The number of nitrogens with one attached hydrogen (secondary N) is 1. The molecule has 0 saturated heterocycles. The zero-order valence-electron chi connectivity index (χ0n) is 9.48. The molecule has 0 radical (unpaired) electrons. The van der Waals surface area contributed by atoms with E-state index in [4.69, 9.17) is 10.6 Å². The maximum atomic E-state index is 12.6. The van der Waals surface area contributed by atoms with Crippen molar-refractivity contribution < 1.29 is 17.9 Å². The number of rotatable bonds is 3. The van der Waals surface area contributed by atoms with Gasteiger partial charge in [-0.15, -0.1) is 0 Å². The van der Waals surface area contributed by atoms with Gasteiger partial charge in [-0.05, 0) is 12.1 Å². The largest absolute Gasteiger partial charge is 0.451 e. The van der Waals surface area contributed by atoms with E-state index < -0.39 is 12.0 Å². The van der Waals surface area contributed by atoms with Crippen LogP contribution in [0, 0.1) is 0 Å². The summed E-state index contributed by atoms with van der Waals surface area (Å²) in [4.78, 5) is 6.51. The maximum Gasteiger partial charge on any atom is 0.451 e. The first kappa shape index (κ1) is 13.1. The summed E-state index contributed by atoms with van der Waals surface area (Å²) in [6.07, 6.45) is -4.68. The fraction of sp³-hybridized carbons (Fsp3) is 0.0909. The van der Waals surface area contributed by atoms with Crippen molar-refractivity contribution in [3.8, 4) is 11.6 Å². The summed E-state index contributed by atoms with van der Waals surface area (Å²) < 4.78 is 42.9. The molecule has 2 rings (SSSR count). The Hall–Kier alpha value is -2.35. The number of hydrogen-bond donors (Lipinski definition) is 2. The van der Waals surface area contributed by atoms with Crippen LogP contribution < -0.4 is 16.0 Å². The summed E-state index contributed by atoms with van der Waals surface area (Å²) in [6, 6.07) is 9.46. The minimum absolute atomic E-state index is 0.187. The molecule has 0 atom stereocenters. The van der Waals surface area contributed by atoms with Crippen molar-refractivity contribution in [1.82, 2.24) is 9.97 Å². The Kier molecular flexibility index (Phi) is 3.52. The van der Waals surface area contributed by atoms with E-state index in [0.29, 0.717) is 5.75 Å². The predicted molar refractivity (Wildman–Crippen MR) is 61.4 cm³/mol. The molecule has 1 aromatic heterocycles. The van der Waals surface area contributed by atoms with E-state index >= 15 is 0 Å². The van der Waals surface area contributed by atoms with Gasteiger partial charge in [0.25, 0.3) is 0 Å². The average molecular weight is 270 g/mol. The highest BCUT2D eigenvalue weighted by atomic mass is 19.4. The first-order valence-electron chi connectivity index (χ1n) is 5.15. The number of halogens is 3. The van der Waals surface area contributed by atoms with Gasteiger partial charge >= 0.3 is 6.18 Å². The Bertz CT molecular complexity index is 560. The molecule has 1 aromatic carbocycles. The molecule has 0 aliphatic heterocycles. The highest BCUT2D eigenvalue weighted by Crippen LogP contribution is 2.30. The fourth-order valence-electron chi connectivity index (χ4n) is 1.29. The van der Waals surface area contributed by atoms with Crippen LogP contribution in [0.2, 0.25) is 0 Å². The van der Waals surface area contributed by atoms with E-state index in [0.717, 1.165) is 0 Å². The molecule has 0 fully saturated rings. The number of hydrazine groups is 1.